The Bertz CT molecular complexity index is 1180. The second-order valence-electron chi connectivity index (χ2n) is 7.27. The molecule has 0 saturated carbocycles. The van der Waals surface area contributed by atoms with E-state index < -0.39 is 11.7 Å². The summed E-state index contributed by atoms with van der Waals surface area (Å²) in [5, 5.41) is 8.11. The van der Waals surface area contributed by atoms with Gasteiger partial charge >= 0.3 is 6.18 Å². The summed E-state index contributed by atoms with van der Waals surface area (Å²) < 4.78 is 43.8. The number of nitrogens with two attached hydrogens (primary N) is 2. The molecule has 0 saturated heterocycles. The first kappa shape index (κ1) is 20.0. The lowest BCUT2D eigenvalue weighted by Gasteiger charge is -2.12. The molecule has 0 bridgehead atoms. The number of fused-ring (bicyclic) bond motifs is 1. The van der Waals surface area contributed by atoms with Gasteiger partial charge < -0.3 is 15.9 Å². The highest BCUT2D eigenvalue weighted by atomic mass is 19.4. The Morgan fingerprint density at radius 1 is 1.10 bits per heavy atom. The van der Waals surface area contributed by atoms with Gasteiger partial charge in [0.1, 0.15) is 0 Å². The molecule has 0 aliphatic heterocycles. The first-order chi connectivity index (χ1) is 14.2. The van der Waals surface area contributed by atoms with Crippen LogP contribution in [0.15, 0.2) is 46.9 Å². The standard InChI is InChI=1S/C21H20F3N5O/c1-11-16-9-13(4-7-17(16)29-28-11)19-18(27-20(26)30-19)10-15(25)8-12-2-5-14(6-3-12)21(22,23)24/h2-7,9,15H,8,10,25H2,1H3,(H2,26,27)(H,28,29)/t15-/m0/s1. The van der Waals surface area contributed by atoms with Crippen LogP contribution in [0, 0.1) is 6.92 Å². The number of anilines is 1. The fraction of sp³-hybridized carbons (Fsp3) is 0.238. The number of oxazole rings is 1. The van der Waals surface area contributed by atoms with E-state index in [4.69, 9.17) is 15.9 Å². The number of aromatic amines is 1. The van der Waals surface area contributed by atoms with E-state index in [1.165, 1.54) is 12.1 Å². The lowest BCUT2D eigenvalue weighted by Crippen LogP contribution is -2.26. The lowest BCUT2D eigenvalue weighted by atomic mass is 9.99. The van der Waals surface area contributed by atoms with E-state index in [0.29, 0.717) is 29.9 Å². The molecule has 1 atom stereocenters. The average molecular weight is 415 g/mol. The Balaban J connectivity index is 1.54. The number of hydrogen-bond acceptors (Lipinski definition) is 5. The van der Waals surface area contributed by atoms with Gasteiger partial charge in [-0.15, -0.1) is 0 Å². The number of hydrogen-bond donors (Lipinski definition) is 3. The first-order valence-electron chi connectivity index (χ1n) is 9.32. The van der Waals surface area contributed by atoms with E-state index in [1.54, 1.807) is 0 Å². The normalized spacial score (nSPS) is 13.1. The highest BCUT2D eigenvalue weighted by Crippen LogP contribution is 2.31. The maximum atomic E-state index is 12.7. The quantitative estimate of drug-likeness (QED) is 0.452. The Kier molecular flexibility index (Phi) is 4.98. The van der Waals surface area contributed by atoms with Crippen molar-refractivity contribution in [2.75, 3.05) is 5.73 Å². The van der Waals surface area contributed by atoms with Gasteiger partial charge in [-0.05, 0) is 49.2 Å². The van der Waals surface area contributed by atoms with Gasteiger partial charge in [0.25, 0.3) is 6.01 Å². The zero-order valence-electron chi connectivity index (χ0n) is 16.1. The van der Waals surface area contributed by atoms with Crippen LogP contribution in [-0.2, 0) is 19.0 Å². The molecule has 0 aliphatic carbocycles. The van der Waals surface area contributed by atoms with Crippen molar-refractivity contribution < 1.29 is 17.6 Å². The summed E-state index contributed by atoms with van der Waals surface area (Å²) in [7, 11) is 0. The lowest BCUT2D eigenvalue weighted by molar-refractivity contribution is -0.137. The van der Waals surface area contributed by atoms with E-state index >= 15 is 0 Å². The van der Waals surface area contributed by atoms with Crippen LogP contribution in [0.3, 0.4) is 0 Å². The van der Waals surface area contributed by atoms with Crippen molar-refractivity contribution in [3.63, 3.8) is 0 Å². The monoisotopic (exact) mass is 415 g/mol. The third-order valence-electron chi connectivity index (χ3n) is 4.96. The molecule has 2 aromatic carbocycles. The number of H-pyrrole nitrogens is 1. The molecule has 0 radical (unpaired) electrons. The van der Waals surface area contributed by atoms with Crippen LogP contribution in [0.1, 0.15) is 22.5 Å². The Morgan fingerprint density at radius 2 is 1.83 bits per heavy atom. The number of aryl methyl sites for hydroxylation is 1. The first-order valence-corrected chi connectivity index (χ1v) is 9.32. The largest absolute Gasteiger partial charge is 0.423 e. The summed E-state index contributed by atoms with van der Waals surface area (Å²) in [4.78, 5) is 4.26. The minimum Gasteiger partial charge on any atom is -0.423 e. The van der Waals surface area contributed by atoms with E-state index in [2.05, 4.69) is 15.2 Å². The molecule has 4 rings (SSSR count). The van der Waals surface area contributed by atoms with Gasteiger partial charge in [-0.1, -0.05) is 12.1 Å². The topological polar surface area (TPSA) is 107 Å². The maximum absolute atomic E-state index is 12.7. The number of nitrogens with one attached hydrogen (secondary N) is 1. The van der Waals surface area contributed by atoms with Crippen molar-refractivity contribution in [2.45, 2.75) is 32.0 Å². The molecule has 5 N–H and O–H groups in total. The van der Waals surface area contributed by atoms with E-state index in [9.17, 15) is 13.2 Å². The van der Waals surface area contributed by atoms with Gasteiger partial charge in [0, 0.05) is 29.1 Å². The number of aromatic nitrogens is 3. The maximum Gasteiger partial charge on any atom is 0.416 e. The van der Waals surface area contributed by atoms with Crippen LogP contribution in [0.25, 0.3) is 22.2 Å². The number of benzene rings is 2. The number of nitrogens with zero attached hydrogens (tertiary/aromatic N) is 2. The molecule has 6 nitrogen and oxygen atoms in total. The molecule has 4 aromatic rings. The molecule has 0 spiro atoms. The van der Waals surface area contributed by atoms with Crippen LogP contribution in [0.2, 0.25) is 0 Å². The van der Waals surface area contributed by atoms with Crippen molar-refractivity contribution in [1.82, 2.24) is 15.2 Å². The van der Waals surface area contributed by atoms with Crippen LogP contribution in [0.5, 0.6) is 0 Å². The summed E-state index contributed by atoms with van der Waals surface area (Å²) in [6, 6.07) is 10.3. The molecular weight excluding hydrogens is 395 g/mol. The summed E-state index contributed by atoms with van der Waals surface area (Å²) in [5.41, 5.74) is 15.2. The Hall–Kier alpha value is -3.33. The molecule has 0 fully saturated rings. The zero-order valence-corrected chi connectivity index (χ0v) is 16.1. The predicted octanol–water partition coefficient (Wildman–Crippen LogP) is 4.24. The second kappa shape index (κ2) is 7.49. The summed E-state index contributed by atoms with van der Waals surface area (Å²) in [6.45, 7) is 1.93. The molecule has 30 heavy (non-hydrogen) atoms. The van der Waals surface area contributed by atoms with Crippen LogP contribution in [-0.4, -0.2) is 21.2 Å². The van der Waals surface area contributed by atoms with Crippen molar-refractivity contribution in [2.24, 2.45) is 5.73 Å². The van der Waals surface area contributed by atoms with Crippen LogP contribution >= 0.6 is 0 Å². The summed E-state index contributed by atoms with van der Waals surface area (Å²) in [5.74, 6) is 0.526. The molecule has 2 heterocycles. The number of nitrogen functional groups attached to an aromatic ring is 1. The van der Waals surface area contributed by atoms with Crippen molar-refractivity contribution in [3.8, 4) is 11.3 Å². The van der Waals surface area contributed by atoms with E-state index in [-0.39, 0.29) is 12.1 Å². The van der Waals surface area contributed by atoms with Gasteiger partial charge in [-0.2, -0.15) is 23.3 Å². The Labute approximate surface area is 170 Å². The highest BCUT2D eigenvalue weighted by molar-refractivity contribution is 5.86. The fourth-order valence-electron chi connectivity index (χ4n) is 3.47. The van der Waals surface area contributed by atoms with Crippen molar-refractivity contribution in [3.05, 3.63) is 65.0 Å². The summed E-state index contributed by atoms with van der Waals surface area (Å²) >= 11 is 0. The number of alkyl halides is 3. The molecule has 0 unspecified atom stereocenters. The highest BCUT2D eigenvalue weighted by Gasteiger charge is 2.30. The Morgan fingerprint density at radius 3 is 2.53 bits per heavy atom. The van der Waals surface area contributed by atoms with Gasteiger partial charge in [0.2, 0.25) is 0 Å². The predicted molar refractivity (Wildman–Crippen MR) is 108 cm³/mol. The number of halogens is 3. The third-order valence-corrected chi connectivity index (χ3v) is 4.96. The minimum absolute atomic E-state index is 0.0331. The molecule has 0 amide bonds. The molecule has 156 valence electrons. The van der Waals surface area contributed by atoms with E-state index in [1.807, 2.05) is 25.1 Å². The minimum atomic E-state index is -4.36. The average Bonchev–Trinajstić information content (AvgIpc) is 3.23. The summed E-state index contributed by atoms with van der Waals surface area (Å²) in [6.07, 6.45) is -3.61. The van der Waals surface area contributed by atoms with Gasteiger partial charge in [-0.25, -0.2) is 0 Å². The molecular formula is C21H20F3N5O. The van der Waals surface area contributed by atoms with Gasteiger partial charge in [0.05, 0.1) is 16.8 Å². The van der Waals surface area contributed by atoms with Crippen molar-refractivity contribution >= 4 is 16.9 Å². The van der Waals surface area contributed by atoms with Crippen LogP contribution < -0.4 is 11.5 Å². The van der Waals surface area contributed by atoms with Gasteiger partial charge in [0.15, 0.2) is 5.76 Å². The van der Waals surface area contributed by atoms with Crippen molar-refractivity contribution in [1.29, 1.82) is 0 Å². The zero-order chi connectivity index (χ0) is 21.5. The second-order valence-corrected chi connectivity index (χ2v) is 7.27. The number of rotatable bonds is 5. The molecule has 2 aromatic heterocycles. The van der Waals surface area contributed by atoms with E-state index in [0.717, 1.165) is 34.3 Å². The smallest absolute Gasteiger partial charge is 0.416 e. The molecule has 0 aliphatic rings. The third kappa shape index (κ3) is 4.02. The van der Waals surface area contributed by atoms with Gasteiger partial charge in [-0.3, -0.25) is 5.10 Å². The SMILES string of the molecule is Cc1[nH]nc2ccc(-c3oc(N)nc3C[C@@H](N)Cc3ccc(C(F)(F)F)cc3)cc12. The fourth-order valence-corrected chi connectivity index (χ4v) is 3.47. The molecule has 9 heteroatoms. The van der Waals surface area contributed by atoms with Crippen LogP contribution in [0.4, 0.5) is 19.2 Å².